The van der Waals surface area contributed by atoms with E-state index in [0.717, 1.165) is 20.7 Å². The molecule has 1 saturated heterocycles. The molecule has 0 aliphatic carbocycles. The molecule has 174 valence electrons. The lowest BCUT2D eigenvalue weighted by Gasteiger charge is -2.31. The molecule has 2 aromatic heterocycles. The molecule has 0 unspecified atom stereocenters. The second-order valence-electron chi connectivity index (χ2n) is 7.82. The molecule has 0 radical (unpaired) electrons. The molecule has 11 heteroatoms. The Morgan fingerprint density at radius 2 is 2.12 bits per heavy atom. The van der Waals surface area contributed by atoms with Crippen LogP contribution >= 0.6 is 22.9 Å². The van der Waals surface area contributed by atoms with Crippen molar-refractivity contribution in [1.29, 1.82) is 0 Å². The number of aryl methyl sites for hydroxylation is 1. The van der Waals surface area contributed by atoms with Crippen LogP contribution in [0, 0.1) is 23.0 Å². The molecule has 0 saturated carbocycles. The maximum Gasteiger partial charge on any atom is 0.309 e. The highest BCUT2D eigenvalue weighted by molar-refractivity contribution is 7.19. The standard InChI is InChI=1S/C22H24ClN5O4S/c1-3-32-21(29)15-7-9-27(10-8-15)22-25-19(17-18(23)13(2)33-20(17)26-22)24-12-14-5-4-6-16(11-14)28(30)31/h4-6,11,15H,3,7-10,12H2,1-2H3,(H,24,25,26). The minimum absolute atomic E-state index is 0.0386. The summed E-state index contributed by atoms with van der Waals surface area (Å²) in [6.07, 6.45) is 1.36. The zero-order valence-electron chi connectivity index (χ0n) is 18.3. The van der Waals surface area contributed by atoms with Gasteiger partial charge in [-0.3, -0.25) is 14.9 Å². The molecule has 0 spiro atoms. The Hall–Kier alpha value is -2.98. The van der Waals surface area contributed by atoms with Gasteiger partial charge in [0.05, 0.1) is 27.9 Å². The zero-order valence-corrected chi connectivity index (χ0v) is 19.9. The van der Waals surface area contributed by atoms with E-state index in [1.165, 1.54) is 23.5 Å². The van der Waals surface area contributed by atoms with Crippen LogP contribution in [-0.4, -0.2) is 40.6 Å². The Balaban J connectivity index is 1.58. The first-order valence-corrected chi connectivity index (χ1v) is 11.9. The van der Waals surface area contributed by atoms with Crippen molar-refractivity contribution in [2.24, 2.45) is 5.92 Å². The largest absolute Gasteiger partial charge is 0.466 e. The number of hydrogen-bond acceptors (Lipinski definition) is 9. The van der Waals surface area contributed by atoms with Crippen molar-refractivity contribution in [2.45, 2.75) is 33.2 Å². The van der Waals surface area contributed by atoms with Crippen LogP contribution in [0.25, 0.3) is 10.2 Å². The molecule has 4 rings (SSSR count). The van der Waals surface area contributed by atoms with Crippen molar-refractivity contribution < 1.29 is 14.5 Å². The summed E-state index contributed by atoms with van der Waals surface area (Å²) in [6.45, 7) is 5.78. The minimum atomic E-state index is -0.413. The Morgan fingerprint density at radius 1 is 1.36 bits per heavy atom. The van der Waals surface area contributed by atoms with E-state index < -0.39 is 4.92 Å². The van der Waals surface area contributed by atoms with E-state index in [2.05, 4.69) is 10.2 Å². The Bertz CT molecular complexity index is 1190. The fourth-order valence-electron chi connectivity index (χ4n) is 3.88. The summed E-state index contributed by atoms with van der Waals surface area (Å²) in [4.78, 5) is 36.0. The number of nitrogens with zero attached hydrogens (tertiary/aromatic N) is 4. The van der Waals surface area contributed by atoms with Crippen molar-refractivity contribution in [3.8, 4) is 0 Å². The average Bonchev–Trinajstić information content (AvgIpc) is 3.11. The van der Waals surface area contributed by atoms with Gasteiger partial charge in [0.2, 0.25) is 5.95 Å². The van der Waals surface area contributed by atoms with Gasteiger partial charge in [-0.15, -0.1) is 11.3 Å². The second kappa shape index (κ2) is 9.88. The number of nitrogens with one attached hydrogen (secondary N) is 1. The minimum Gasteiger partial charge on any atom is -0.466 e. The van der Waals surface area contributed by atoms with Crippen molar-refractivity contribution in [3.63, 3.8) is 0 Å². The summed E-state index contributed by atoms with van der Waals surface area (Å²) in [5.74, 6) is 0.913. The summed E-state index contributed by atoms with van der Waals surface area (Å²) in [7, 11) is 0. The predicted octanol–water partition coefficient (Wildman–Crippen LogP) is 4.95. The highest BCUT2D eigenvalue weighted by Crippen LogP contribution is 2.39. The van der Waals surface area contributed by atoms with E-state index in [9.17, 15) is 14.9 Å². The summed E-state index contributed by atoms with van der Waals surface area (Å²) in [5.41, 5.74) is 0.799. The number of anilines is 2. The number of carbonyl (C=O) groups excluding carboxylic acids is 1. The molecule has 3 aromatic rings. The number of halogens is 1. The van der Waals surface area contributed by atoms with E-state index in [1.54, 1.807) is 6.07 Å². The first-order chi connectivity index (χ1) is 15.9. The van der Waals surface area contributed by atoms with Gasteiger partial charge >= 0.3 is 5.97 Å². The number of nitro groups is 1. The van der Waals surface area contributed by atoms with Gasteiger partial charge < -0.3 is 15.0 Å². The van der Waals surface area contributed by atoms with Gasteiger partial charge in [0.25, 0.3) is 5.69 Å². The van der Waals surface area contributed by atoms with Gasteiger partial charge in [0.1, 0.15) is 10.6 Å². The number of hydrogen-bond donors (Lipinski definition) is 1. The highest BCUT2D eigenvalue weighted by Gasteiger charge is 2.28. The maximum atomic E-state index is 12.1. The van der Waals surface area contributed by atoms with Crippen LogP contribution < -0.4 is 10.2 Å². The average molecular weight is 490 g/mol. The number of rotatable bonds is 7. The lowest BCUT2D eigenvalue weighted by molar-refractivity contribution is -0.384. The van der Waals surface area contributed by atoms with Crippen molar-refractivity contribution >= 4 is 56.6 Å². The molecular weight excluding hydrogens is 466 g/mol. The van der Waals surface area contributed by atoms with Gasteiger partial charge in [-0.05, 0) is 32.3 Å². The number of piperidine rings is 1. The van der Waals surface area contributed by atoms with Crippen LogP contribution in [-0.2, 0) is 16.1 Å². The van der Waals surface area contributed by atoms with Gasteiger partial charge in [-0.2, -0.15) is 4.98 Å². The van der Waals surface area contributed by atoms with Crippen LogP contribution in [0.1, 0.15) is 30.2 Å². The van der Waals surface area contributed by atoms with Crippen LogP contribution in [0.4, 0.5) is 17.5 Å². The number of esters is 1. The number of thiophene rings is 1. The predicted molar refractivity (Wildman–Crippen MR) is 129 cm³/mol. The lowest BCUT2D eigenvalue weighted by Crippen LogP contribution is -2.38. The number of fused-ring (bicyclic) bond motifs is 1. The number of ether oxygens (including phenoxy) is 1. The molecule has 33 heavy (non-hydrogen) atoms. The SMILES string of the molecule is CCOC(=O)C1CCN(c2nc(NCc3cccc([N+](=O)[O-])c3)c3c(Cl)c(C)sc3n2)CC1. The normalized spacial score (nSPS) is 14.5. The number of aromatic nitrogens is 2. The third-order valence-electron chi connectivity index (χ3n) is 5.62. The molecule has 9 nitrogen and oxygen atoms in total. The van der Waals surface area contributed by atoms with Gasteiger partial charge in [0.15, 0.2) is 0 Å². The van der Waals surface area contributed by atoms with Gasteiger partial charge in [-0.1, -0.05) is 23.7 Å². The summed E-state index contributed by atoms with van der Waals surface area (Å²) >= 11 is 8.05. The van der Waals surface area contributed by atoms with Crippen molar-refractivity contribution in [3.05, 3.63) is 49.8 Å². The van der Waals surface area contributed by atoms with Crippen LogP contribution in [0.3, 0.4) is 0 Å². The van der Waals surface area contributed by atoms with Gasteiger partial charge in [-0.25, -0.2) is 4.98 Å². The number of carbonyl (C=O) groups is 1. The number of non-ortho nitro benzene ring substituents is 1. The van der Waals surface area contributed by atoms with Crippen LogP contribution in [0.15, 0.2) is 24.3 Å². The topological polar surface area (TPSA) is 110 Å². The Morgan fingerprint density at radius 3 is 2.82 bits per heavy atom. The quantitative estimate of drug-likeness (QED) is 0.282. The molecule has 0 amide bonds. The number of nitro benzene ring substituents is 1. The third kappa shape index (κ3) is 5.01. The van der Waals surface area contributed by atoms with E-state index in [4.69, 9.17) is 26.3 Å². The highest BCUT2D eigenvalue weighted by atomic mass is 35.5. The lowest BCUT2D eigenvalue weighted by atomic mass is 9.97. The molecule has 1 N–H and O–H groups in total. The molecule has 1 fully saturated rings. The van der Waals surface area contributed by atoms with Crippen LogP contribution in [0.2, 0.25) is 5.02 Å². The fraction of sp³-hybridized carbons (Fsp3) is 0.409. The monoisotopic (exact) mass is 489 g/mol. The molecule has 3 heterocycles. The van der Waals surface area contributed by atoms with Gasteiger partial charge in [0, 0.05) is 36.6 Å². The van der Waals surface area contributed by atoms with Crippen molar-refractivity contribution in [2.75, 3.05) is 29.9 Å². The number of benzene rings is 1. The first-order valence-electron chi connectivity index (χ1n) is 10.7. The molecular formula is C22H24ClN5O4S. The smallest absolute Gasteiger partial charge is 0.309 e. The van der Waals surface area contributed by atoms with E-state index in [0.29, 0.717) is 55.9 Å². The van der Waals surface area contributed by atoms with Crippen molar-refractivity contribution in [1.82, 2.24) is 9.97 Å². The van der Waals surface area contributed by atoms with E-state index >= 15 is 0 Å². The molecule has 1 aliphatic rings. The first kappa shape index (κ1) is 23.2. The molecule has 1 aromatic carbocycles. The Labute approximate surface area is 199 Å². The summed E-state index contributed by atoms with van der Waals surface area (Å²) in [6, 6.07) is 6.47. The summed E-state index contributed by atoms with van der Waals surface area (Å²) < 4.78 is 5.16. The fourth-order valence-corrected chi connectivity index (χ4v) is 5.14. The maximum absolute atomic E-state index is 12.1. The van der Waals surface area contributed by atoms with E-state index in [-0.39, 0.29) is 17.6 Å². The zero-order chi connectivity index (χ0) is 23.5. The second-order valence-corrected chi connectivity index (χ2v) is 9.40. The summed E-state index contributed by atoms with van der Waals surface area (Å²) in [5, 5.41) is 15.7. The van der Waals surface area contributed by atoms with Crippen LogP contribution in [0.5, 0.6) is 0 Å². The Kier molecular flexibility index (Phi) is 6.94. The molecule has 1 aliphatic heterocycles. The van der Waals surface area contributed by atoms with E-state index in [1.807, 2.05) is 19.9 Å². The molecule has 0 bridgehead atoms. The molecule has 0 atom stereocenters. The third-order valence-corrected chi connectivity index (χ3v) is 7.21.